The molecule has 1 aliphatic rings. The molecule has 1 aliphatic heterocycles. The Balaban J connectivity index is 2.04. The van der Waals surface area contributed by atoms with Gasteiger partial charge in [-0.15, -0.1) is 0 Å². The van der Waals surface area contributed by atoms with Gasteiger partial charge in [0.25, 0.3) is 0 Å². The molecule has 1 fully saturated rings. The normalized spacial score (nSPS) is 20.8. The van der Waals surface area contributed by atoms with Crippen LogP contribution in [0.3, 0.4) is 0 Å². The largest absolute Gasteiger partial charge is 0.368 e. The van der Waals surface area contributed by atoms with Gasteiger partial charge in [-0.3, -0.25) is 4.98 Å². The fourth-order valence-corrected chi connectivity index (χ4v) is 2.51. The number of piperazine rings is 1. The number of nitrogens with one attached hydrogen (secondary N) is 1. The first kappa shape index (κ1) is 10.5. The van der Waals surface area contributed by atoms with Crippen molar-refractivity contribution in [3.63, 3.8) is 0 Å². The van der Waals surface area contributed by atoms with Crippen LogP contribution < -0.4 is 10.2 Å². The molecule has 1 aromatic carbocycles. The Labute approximate surface area is 101 Å². The first-order valence-electron chi connectivity index (χ1n) is 6.17. The molecule has 1 N–H and O–H groups in total. The van der Waals surface area contributed by atoms with Gasteiger partial charge in [0.15, 0.2) is 0 Å². The standard InChI is InChI=1S/C14H17N3/c1-11-10-17(9-8-15-11)14-6-7-16-13-5-3-2-4-12(13)14/h2-7,11,15H,8-10H2,1H3/t11-/m1/s1. The van der Waals surface area contributed by atoms with Gasteiger partial charge in [-0.1, -0.05) is 18.2 Å². The van der Waals surface area contributed by atoms with Crippen LogP contribution in [0.15, 0.2) is 36.5 Å². The zero-order chi connectivity index (χ0) is 11.7. The van der Waals surface area contributed by atoms with Crippen LogP contribution in [0.4, 0.5) is 5.69 Å². The molecule has 0 saturated carbocycles. The summed E-state index contributed by atoms with van der Waals surface area (Å²) in [7, 11) is 0. The van der Waals surface area contributed by atoms with E-state index in [4.69, 9.17) is 0 Å². The van der Waals surface area contributed by atoms with Crippen LogP contribution in [0.1, 0.15) is 6.92 Å². The summed E-state index contributed by atoms with van der Waals surface area (Å²) in [5.41, 5.74) is 2.39. The van der Waals surface area contributed by atoms with Crippen molar-refractivity contribution >= 4 is 16.6 Å². The van der Waals surface area contributed by atoms with E-state index in [2.05, 4.69) is 46.4 Å². The van der Waals surface area contributed by atoms with Crippen molar-refractivity contribution in [3.8, 4) is 0 Å². The number of anilines is 1. The molecule has 2 aromatic rings. The van der Waals surface area contributed by atoms with Crippen molar-refractivity contribution in [2.24, 2.45) is 0 Å². The van der Waals surface area contributed by atoms with Crippen LogP contribution in [0, 0.1) is 0 Å². The summed E-state index contributed by atoms with van der Waals surface area (Å²) in [4.78, 5) is 6.86. The smallest absolute Gasteiger partial charge is 0.0722 e. The second-order valence-corrected chi connectivity index (χ2v) is 4.65. The van der Waals surface area contributed by atoms with Gasteiger partial charge < -0.3 is 10.2 Å². The van der Waals surface area contributed by atoms with Gasteiger partial charge >= 0.3 is 0 Å². The van der Waals surface area contributed by atoms with Crippen molar-refractivity contribution in [1.29, 1.82) is 0 Å². The van der Waals surface area contributed by atoms with Gasteiger partial charge in [0.05, 0.1) is 5.52 Å². The van der Waals surface area contributed by atoms with E-state index in [1.54, 1.807) is 0 Å². The molecule has 17 heavy (non-hydrogen) atoms. The Morgan fingerprint density at radius 2 is 2.18 bits per heavy atom. The van der Waals surface area contributed by atoms with Gasteiger partial charge in [-0.2, -0.15) is 0 Å². The highest BCUT2D eigenvalue weighted by atomic mass is 15.2. The maximum atomic E-state index is 4.41. The molecule has 1 saturated heterocycles. The SMILES string of the molecule is C[C@@H]1CN(c2ccnc3ccccc23)CCN1. The summed E-state index contributed by atoms with van der Waals surface area (Å²) in [5, 5.41) is 4.73. The topological polar surface area (TPSA) is 28.2 Å². The van der Waals surface area contributed by atoms with Crippen molar-refractivity contribution in [2.75, 3.05) is 24.5 Å². The number of para-hydroxylation sites is 1. The molecule has 0 spiro atoms. The molecule has 0 bridgehead atoms. The third-order valence-electron chi connectivity index (χ3n) is 3.34. The highest BCUT2D eigenvalue weighted by Crippen LogP contribution is 2.25. The third kappa shape index (κ3) is 1.98. The third-order valence-corrected chi connectivity index (χ3v) is 3.34. The minimum Gasteiger partial charge on any atom is -0.368 e. The lowest BCUT2D eigenvalue weighted by Gasteiger charge is -2.34. The summed E-state index contributed by atoms with van der Waals surface area (Å²) >= 11 is 0. The predicted octanol–water partition coefficient (Wildman–Crippen LogP) is 2.03. The van der Waals surface area contributed by atoms with E-state index in [1.807, 2.05) is 12.3 Å². The van der Waals surface area contributed by atoms with Crippen LogP contribution >= 0.6 is 0 Å². The number of hydrogen-bond acceptors (Lipinski definition) is 3. The zero-order valence-electron chi connectivity index (χ0n) is 10.1. The minimum atomic E-state index is 0.552. The number of aromatic nitrogens is 1. The summed E-state index contributed by atoms with van der Waals surface area (Å²) in [6.07, 6.45) is 1.91. The number of rotatable bonds is 1. The average Bonchev–Trinajstić information content (AvgIpc) is 2.38. The number of pyridine rings is 1. The van der Waals surface area contributed by atoms with Crippen molar-refractivity contribution < 1.29 is 0 Å². The van der Waals surface area contributed by atoms with Crippen LogP contribution in [0.25, 0.3) is 10.9 Å². The van der Waals surface area contributed by atoms with Gasteiger partial charge in [0.2, 0.25) is 0 Å². The Kier molecular flexibility index (Phi) is 2.69. The summed E-state index contributed by atoms with van der Waals surface area (Å²) < 4.78 is 0. The molecule has 3 nitrogen and oxygen atoms in total. The number of benzene rings is 1. The highest BCUT2D eigenvalue weighted by Gasteiger charge is 2.17. The van der Waals surface area contributed by atoms with Gasteiger partial charge in [-0.05, 0) is 19.1 Å². The molecule has 0 amide bonds. The number of nitrogens with zero attached hydrogens (tertiary/aromatic N) is 2. The van der Waals surface area contributed by atoms with E-state index in [-0.39, 0.29) is 0 Å². The fraction of sp³-hybridized carbons (Fsp3) is 0.357. The van der Waals surface area contributed by atoms with Gasteiger partial charge in [0, 0.05) is 42.9 Å². The Morgan fingerprint density at radius 1 is 1.29 bits per heavy atom. The summed E-state index contributed by atoms with van der Waals surface area (Å²) in [5.74, 6) is 0. The van der Waals surface area contributed by atoms with Gasteiger partial charge in [-0.25, -0.2) is 0 Å². The van der Waals surface area contributed by atoms with E-state index in [0.29, 0.717) is 6.04 Å². The lowest BCUT2D eigenvalue weighted by atomic mass is 10.1. The predicted molar refractivity (Wildman–Crippen MR) is 71.4 cm³/mol. The lowest BCUT2D eigenvalue weighted by Crippen LogP contribution is -2.49. The van der Waals surface area contributed by atoms with Crippen molar-refractivity contribution in [2.45, 2.75) is 13.0 Å². The maximum absolute atomic E-state index is 4.41. The second kappa shape index (κ2) is 4.34. The van der Waals surface area contributed by atoms with Gasteiger partial charge in [0.1, 0.15) is 0 Å². The van der Waals surface area contributed by atoms with Crippen LogP contribution in [0.5, 0.6) is 0 Å². The van der Waals surface area contributed by atoms with E-state index >= 15 is 0 Å². The van der Waals surface area contributed by atoms with E-state index in [9.17, 15) is 0 Å². The van der Waals surface area contributed by atoms with E-state index in [1.165, 1.54) is 11.1 Å². The van der Waals surface area contributed by atoms with E-state index < -0.39 is 0 Å². The minimum absolute atomic E-state index is 0.552. The first-order valence-corrected chi connectivity index (χ1v) is 6.17. The van der Waals surface area contributed by atoms with E-state index in [0.717, 1.165) is 25.2 Å². The quantitative estimate of drug-likeness (QED) is 0.808. The number of hydrogen-bond donors (Lipinski definition) is 1. The molecular formula is C14H17N3. The van der Waals surface area contributed by atoms with Crippen molar-refractivity contribution in [1.82, 2.24) is 10.3 Å². The molecule has 88 valence electrons. The summed E-state index contributed by atoms with van der Waals surface area (Å²) in [6.45, 7) is 5.42. The molecule has 2 heterocycles. The molecule has 0 aliphatic carbocycles. The van der Waals surface area contributed by atoms with Crippen LogP contribution in [-0.2, 0) is 0 Å². The fourth-order valence-electron chi connectivity index (χ4n) is 2.51. The Bertz CT molecular complexity index is 518. The Hall–Kier alpha value is -1.61. The summed E-state index contributed by atoms with van der Waals surface area (Å²) in [6, 6.07) is 11.0. The lowest BCUT2D eigenvalue weighted by molar-refractivity contribution is 0.485. The second-order valence-electron chi connectivity index (χ2n) is 4.65. The molecule has 0 unspecified atom stereocenters. The molecule has 1 atom stereocenters. The average molecular weight is 227 g/mol. The van der Waals surface area contributed by atoms with Crippen molar-refractivity contribution in [3.05, 3.63) is 36.5 Å². The Morgan fingerprint density at radius 3 is 3.06 bits per heavy atom. The molecular weight excluding hydrogens is 210 g/mol. The molecule has 3 rings (SSSR count). The van der Waals surface area contributed by atoms with Crippen LogP contribution in [-0.4, -0.2) is 30.7 Å². The molecule has 0 radical (unpaired) electrons. The van der Waals surface area contributed by atoms with Crippen LogP contribution in [0.2, 0.25) is 0 Å². The monoisotopic (exact) mass is 227 g/mol. The molecule has 1 aromatic heterocycles. The highest BCUT2D eigenvalue weighted by molar-refractivity contribution is 5.91. The molecule has 3 heteroatoms. The number of fused-ring (bicyclic) bond motifs is 1. The first-order chi connectivity index (χ1) is 8.34. The maximum Gasteiger partial charge on any atom is 0.0722 e. The zero-order valence-corrected chi connectivity index (χ0v) is 10.1.